The number of nitrogens with one attached hydrogen (secondary N) is 2. The van der Waals surface area contributed by atoms with Crippen molar-refractivity contribution in [2.24, 2.45) is 0 Å². The fourth-order valence-corrected chi connectivity index (χ4v) is 1.20. The molecule has 2 rings (SSSR count). The van der Waals surface area contributed by atoms with Crippen molar-refractivity contribution >= 4 is 0 Å². The van der Waals surface area contributed by atoms with Crippen LogP contribution in [0.25, 0.3) is 0 Å². The first-order valence-electron chi connectivity index (χ1n) is 3.50. The van der Waals surface area contributed by atoms with Crippen LogP contribution in [0.3, 0.4) is 0 Å². The highest BCUT2D eigenvalue weighted by Gasteiger charge is 2.06. The molecule has 10 heavy (non-hydrogen) atoms. The van der Waals surface area contributed by atoms with E-state index in [1.165, 1.54) is 11.3 Å². The molecule has 0 aliphatic carbocycles. The van der Waals surface area contributed by atoms with Gasteiger partial charge in [0.15, 0.2) is 0 Å². The zero-order chi connectivity index (χ0) is 6.81. The summed E-state index contributed by atoms with van der Waals surface area (Å²) in [6.07, 6.45) is 8.36. The Morgan fingerprint density at radius 2 is 2.30 bits per heavy atom. The molecule has 0 bridgehead atoms. The Bertz CT molecular complexity index is 199. The van der Waals surface area contributed by atoms with Crippen molar-refractivity contribution in [2.45, 2.75) is 0 Å². The van der Waals surface area contributed by atoms with E-state index in [1.54, 1.807) is 0 Å². The van der Waals surface area contributed by atoms with Crippen molar-refractivity contribution in [3.05, 3.63) is 35.7 Å². The Balaban J connectivity index is 2.32. The molecule has 0 radical (unpaired) electrons. The molecule has 2 N–H and O–H groups in total. The Morgan fingerprint density at radius 3 is 3.20 bits per heavy atom. The van der Waals surface area contributed by atoms with Gasteiger partial charge in [-0.1, -0.05) is 12.2 Å². The van der Waals surface area contributed by atoms with Gasteiger partial charge in [0.1, 0.15) is 0 Å². The standard InChI is InChI=1S/C8H10N2/c1-2-7-6-9-5-3-8(7)10-4-1/h1-3,5,9-10H,4,6H2. The molecular weight excluding hydrogens is 124 g/mol. The molecular formula is C8H10N2. The fraction of sp³-hybridized carbons (Fsp3) is 0.250. The summed E-state index contributed by atoms with van der Waals surface area (Å²) in [6, 6.07) is 0. The molecule has 2 heterocycles. The second kappa shape index (κ2) is 2.21. The summed E-state index contributed by atoms with van der Waals surface area (Å²) < 4.78 is 0. The molecule has 2 aliphatic heterocycles. The fourth-order valence-electron chi connectivity index (χ4n) is 1.20. The van der Waals surface area contributed by atoms with Gasteiger partial charge in [-0.05, 0) is 17.8 Å². The van der Waals surface area contributed by atoms with Crippen LogP contribution in [0.5, 0.6) is 0 Å². The molecule has 0 fully saturated rings. The molecule has 0 unspecified atom stereocenters. The van der Waals surface area contributed by atoms with Crippen molar-refractivity contribution in [1.29, 1.82) is 0 Å². The number of allylic oxidation sites excluding steroid dienone is 1. The largest absolute Gasteiger partial charge is 0.387 e. The summed E-state index contributed by atoms with van der Waals surface area (Å²) in [5, 5.41) is 6.44. The molecule has 52 valence electrons. The molecule has 0 aromatic heterocycles. The molecule has 0 aromatic carbocycles. The van der Waals surface area contributed by atoms with Gasteiger partial charge in [-0.25, -0.2) is 0 Å². The van der Waals surface area contributed by atoms with Crippen LogP contribution < -0.4 is 10.6 Å². The summed E-state index contributed by atoms with van der Waals surface area (Å²) in [6.45, 7) is 1.92. The number of hydrogen-bond donors (Lipinski definition) is 2. The Labute approximate surface area is 60.3 Å². The monoisotopic (exact) mass is 134 g/mol. The van der Waals surface area contributed by atoms with Crippen LogP contribution in [0, 0.1) is 0 Å². The van der Waals surface area contributed by atoms with E-state index in [-0.39, 0.29) is 0 Å². The van der Waals surface area contributed by atoms with Crippen LogP contribution >= 0.6 is 0 Å². The summed E-state index contributed by atoms with van der Waals surface area (Å²) in [4.78, 5) is 0. The predicted octanol–water partition coefficient (Wildman–Crippen LogP) is 0.517. The highest BCUT2D eigenvalue weighted by molar-refractivity contribution is 5.38. The van der Waals surface area contributed by atoms with Gasteiger partial charge in [0.05, 0.1) is 0 Å². The van der Waals surface area contributed by atoms with Crippen molar-refractivity contribution < 1.29 is 0 Å². The van der Waals surface area contributed by atoms with Gasteiger partial charge in [0, 0.05) is 18.8 Å². The lowest BCUT2D eigenvalue weighted by Crippen LogP contribution is -2.24. The van der Waals surface area contributed by atoms with Gasteiger partial charge in [-0.3, -0.25) is 0 Å². The maximum absolute atomic E-state index is 3.29. The lowest BCUT2D eigenvalue weighted by molar-refractivity contribution is 0.831. The van der Waals surface area contributed by atoms with Crippen molar-refractivity contribution in [3.8, 4) is 0 Å². The van der Waals surface area contributed by atoms with Gasteiger partial charge < -0.3 is 10.6 Å². The van der Waals surface area contributed by atoms with Crippen LogP contribution in [-0.2, 0) is 0 Å². The average molecular weight is 134 g/mol. The maximum atomic E-state index is 3.29. The third-order valence-corrected chi connectivity index (χ3v) is 1.74. The van der Waals surface area contributed by atoms with Crippen LogP contribution in [0.15, 0.2) is 35.7 Å². The summed E-state index contributed by atoms with van der Waals surface area (Å²) in [7, 11) is 0. The molecule has 2 nitrogen and oxygen atoms in total. The third kappa shape index (κ3) is 0.817. The van der Waals surface area contributed by atoms with E-state index in [4.69, 9.17) is 0 Å². The topological polar surface area (TPSA) is 24.1 Å². The zero-order valence-electron chi connectivity index (χ0n) is 5.72. The smallest absolute Gasteiger partial charge is 0.0415 e. The molecule has 0 saturated heterocycles. The maximum Gasteiger partial charge on any atom is 0.0415 e. The normalized spacial score (nSPS) is 21.6. The van der Waals surface area contributed by atoms with Gasteiger partial charge in [-0.2, -0.15) is 0 Å². The van der Waals surface area contributed by atoms with E-state index in [0.717, 1.165) is 13.1 Å². The van der Waals surface area contributed by atoms with Gasteiger partial charge in [-0.15, -0.1) is 0 Å². The van der Waals surface area contributed by atoms with Gasteiger partial charge in [0.25, 0.3) is 0 Å². The van der Waals surface area contributed by atoms with E-state index in [9.17, 15) is 0 Å². The van der Waals surface area contributed by atoms with Crippen molar-refractivity contribution in [3.63, 3.8) is 0 Å². The first kappa shape index (κ1) is 5.59. The minimum Gasteiger partial charge on any atom is -0.387 e. The number of rotatable bonds is 0. The Kier molecular flexibility index (Phi) is 1.24. The van der Waals surface area contributed by atoms with Crippen LogP contribution in [-0.4, -0.2) is 13.1 Å². The number of hydrogen-bond acceptors (Lipinski definition) is 2. The highest BCUT2D eigenvalue weighted by atomic mass is 14.9. The van der Waals surface area contributed by atoms with E-state index >= 15 is 0 Å². The van der Waals surface area contributed by atoms with Crippen molar-refractivity contribution in [1.82, 2.24) is 10.6 Å². The number of dihydropyridines is 2. The van der Waals surface area contributed by atoms with Crippen LogP contribution in [0.1, 0.15) is 0 Å². The molecule has 0 amide bonds. The third-order valence-electron chi connectivity index (χ3n) is 1.74. The zero-order valence-corrected chi connectivity index (χ0v) is 5.72. The SMILES string of the molecule is C1=CC2=C(C=CNC2)NC1. The second-order valence-electron chi connectivity index (χ2n) is 2.44. The lowest BCUT2D eigenvalue weighted by Gasteiger charge is -2.18. The summed E-state index contributed by atoms with van der Waals surface area (Å²) in [5.41, 5.74) is 2.62. The molecule has 0 saturated carbocycles. The van der Waals surface area contributed by atoms with E-state index in [2.05, 4.69) is 28.9 Å². The molecule has 0 aromatic rings. The predicted molar refractivity (Wildman–Crippen MR) is 41.3 cm³/mol. The molecule has 0 spiro atoms. The van der Waals surface area contributed by atoms with Crippen molar-refractivity contribution in [2.75, 3.05) is 13.1 Å². The quantitative estimate of drug-likeness (QED) is 0.504. The van der Waals surface area contributed by atoms with Crippen LogP contribution in [0.4, 0.5) is 0 Å². The molecule has 2 heteroatoms. The summed E-state index contributed by atoms with van der Waals surface area (Å²) >= 11 is 0. The first-order valence-corrected chi connectivity index (χ1v) is 3.50. The second-order valence-corrected chi connectivity index (χ2v) is 2.44. The first-order chi connectivity index (χ1) is 4.97. The van der Waals surface area contributed by atoms with E-state index in [1.807, 2.05) is 6.20 Å². The molecule has 2 aliphatic rings. The molecule has 0 atom stereocenters. The van der Waals surface area contributed by atoms with Crippen LogP contribution in [0.2, 0.25) is 0 Å². The van der Waals surface area contributed by atoms with E-state index in [0.29, 0.717) is 0 Å². The van der Waals surface area contributed by atoms with Gasteiger partial charge in [0.2, 0.25) is 0 Å². The van der Waals surface area contributed by atoms with Gasteiger partial charge >= 0.3 is 0 Å². The lowest BCUT2D eigenvalue weighted by atomic mass is 10.1. The Hall–Kier alpha value is -1.18. The average Bonchev–Trinajstić information content (AvgIpc) is 2.05. The highest BCUT2D eigenvalue weighted by Crippen LogP contribution is 2.10. The summed E-state index contributed by atoms with van der Waals surface area (Å²) in [5.74, 6) is 0. The minimum atomic E-state index is 0.954. The minimum absolute atomic E-state index is 0.954. The Morgan fingerprint density at radius 1 is 1.30 bits per heavy atom. The van der Waals surface area contributed by atoms with E-state index < -0.39 is 0 Å².